The van der Waals surface area contributed by atoms with Crippen LogP contribution in [-0.4, -0.2) is 53.6 Å². The Balaban J connectivity index is 1.65. The summed E-state index contributed by atoms with van der Waals surface area (Å²) in [6.45, 7) is 9.05. The monoisotopic (exact) mass is 604 g/mol. The minimum Gasteiger partial charge on any atom is -0.494 e. The summed E-state index contributed by atoms with van der Waals surface area (Å²) in [5.41, 5.74) is 2.73. The van der Waals surface area contributed by atoms with Crippen LogP contribution in [0.2, 0.25) is 0 Å². The lowest BCUT2D eigenvalue weighted by molar-refractivity contribution is -0.123. The summed E-state index contributed by atoms with van der Waals surface area (Å²) >= 11 is 7.92. The molecule has 1 unspecified atom stereocenters. The highest BCUT2D eigenvalue weighted by atomic mass is 127. The molecule has 3 rings (SSSR count). The van der Waals surface area contributed by atoms with Gasteiger partial charge < -0.3 is 14.5 Å². The number of amides is 1. The van der Waals surface area contributed by atoms with E-state index in [1.807, 2.05) is 43.9 Å². The van der Waals surface area contributed by atoms with Crippen molar-refractivity contribution in [2.24, 2.45) is 0 Å². The predicted molar refractivity (Wildman–Crippen MR) is 153 cm³/mol. The van der Waals surface area contributed by atoms with Crippen molar-refractivity contribution in [1.29, 1.82) is 5.26 Å². The van der Waals surface area contributed by atoms with Gasteiger partial charge in [0, 0.05) is 16.2 Å². The Kier molecular flexibility index (Phi) is 8.78. The van der Waals surface area contributed by atoms with Gasteiger partial charge in [0.1, 0.15) is 17.4 Å². The molecule has 35 heavy (non-hydrogen) atoms. The number of carbonyl (C=O) groups excluding carboxylic acids is 1. The molecular weight excluding hydrogens is 571 g/mol. The number of rotatable bonds is 9. The Bertz CT molecular complexity index is 1140. The molecule has 186 valence electrons. The summed E-state index contributed by atoms with van der Waals surface area (Å²) in [6, 6.07) is 14.4. The van der Waals surface area contributed by atoms with E-state index in [1.54, 1.807) is 11.0 Å². The number of anilines is 1. The second kappa shape index (κ2) is 11.2. The van der Waals surface area contributed by atoms with E-state index in [-0.39, 0.29) is 5.91 Å². The Morgan fingerprint density at radius 3 is 2.43 bits per heavy atom. The molecule has 8 heteroatoms. The number of thiocarbonyl (C=S) groups is 1. The van der Waals surface area contributed by atoms with Crippen molar-refractivity contribution >= 4 is 51.5 Å². The number of hydrogen-bond donors (Lipinski definition) is 0. The van der Waals surface area contributed by atoms with E-state index >= 15 is 0 Å². The van der Waals surface area contributed by atoms with Gasteiger partial charge >= 0.3 is 0 Å². The lowest BCUT2D eigenvalue weighted by atomic mass is 10.0. The van der Waals surface area contributed by atoms with Gasteiger partial charge in [-0.25, -0.2) is 0 Å². The van der Waals surface area contributed by atoms with Gasteiger partial charge in [0.15, 0.2) is 5.11 Å². The van der Waals surface area contributed by atoms with Gasteiger partial charge in [0.05, 0.1) is 17.9 Å². The quantitative estimate of drug-likeness (QED) is 0.209. The molecule has 0 spiro atoms. The molecule has 1 fully saturated rings. The fourth-order valence-corrected chi connectivity index (χ4v) is 5.60. The SMILES string of the molecule is CCC(c1ccc(OCCCN2C(=S)N(c3ccc(C#N)c(I)c3C)C(=O)C2(C)C)cc1)N(C)C. The van der Waals surface area contributed by atoms with Crippen LogP contribution in [-0.2, 0) is 4.79 Å². The number of hydrogen-bond acceptors (Lipinski definition) is 5. The highest BCUT2D eigenvalue weighted by molar-refractivity contribution is 14.1. The van der Waals surface area contributed by atoms with Crippen LogP contribution in [0.15, 0.2) is 36.4 Å². The molecule has 1 aliphatic rings. The summed E-state index contributed by atoms with van der Waals surface area (Å²) < 4.78 is 6.82. The largest absolute Gasteiger partial charge is 0.494 e. The lowest BCUT2D eigenvalue weighted by Crippen LogP contribution is -2.44. The maximum atomic E-state index is 13.4. The molecule has 1 saturated heterocycles. The number of nitriles is 1. The zero-order valence-corrected chi connectivity index (χ0v) is 24.2. The second-order valence-electron chi connectivity index (χ2n) is 9.48. The highest BCUT2D eigenvalue weighted by Gasteiger charge is 2.49. The second-order valence-corrected chi connectivity index (χ2v) is 10.9. The van der Waals surface area contributed by atoms with Crippen LogP contribution in [0.25, 0.3) is 0 Å². The number of nitrogens with zero attached hydrogens (tertiary/aromatic N) is 4. The van der Waals surface area contributed by atoms with Gasteiger partial charge in [-0.15, -0.1) is 0 Å². The average Bonchev–Trinajstić information content (AvgIpc) is 2.98. The maximum absolute atomic E-state index is 13.4. The van der Waals surface area contributed by atoms with Gasteiger partial charge in [0.2, 0.25) is 0 Å². The van der Waals surface area contributed by atoms with Crippen LogP contribution in [0.4, 0.5) is 5.69 Å². The van der Waals surface area contributed by atoms with Crippen molar-refractivity contribution in [3.05, 3.63) is 56.7 Å². The Labute approximate surface area is 228 Å². The zero-order valence-electron chi connectivity index (χ0n) is 21.3. The molecule has 1 atom stereocenters. The van der Waals surface area contributed by atoms with Gasteiger partial charge in [-0.05, 0) is 118 Å². The fourth-order valence-electron chi connectivity index (χ4n) is 4.52. The van der Waals surface area contributed by atoms with Gasteiger partial charge in [-0.3, -0.25) is 9.69 Å². The molecule has 1 amide bonds. The molecule has 2 aromatic carbocycles. The smallest absolute Gasteiger partial charge is 0.258 e. The molecule has 0 aliphatic carbocycles. The van der Waals surface area contributed by atoms with E-state index < -0.39 is 5.54 Å². The number of benzene rings is 2. The minimum absolute atomic E-state index is 0.0611. The summed E-state index contributed by atoms with van der Waals surface area (Å²) in [5, 5.41) is 9.81. The van der Waals surface area contributed by atoms with Crippen molar-refractivity contribution in [2.45, 2.75) is 52.1 Å². The summed E-state index contributed by atoms with van der Waals surface area (Å²) in [5.74, 6) is 0.778. The third-order valence-electron chi connectivity index (χ3n) is 6.61. The third-order valence-corrected chi connectivity index (χ3v) is 8.41. The zero-order chi connectivity index (χ0) is 25.9. The van der Waals surface area contributed by atoms with Gasteiger partial charge in [-0.1, -0.05) is 19.1 Å². The van der Waals surface area contributed by atoms with Crippen LogP contribution >= 0.6 is 34.8 Å². The molecule has 0 saturated carbocycles. The summed E-state index contributed by atoms with van der Waals surface area (Å²) in [4.78, 5) is 19.2. The van der Waals surface area contributed by atoms with Crippen molar-refractivity contribution in [3.63, 3.8) is 0 Å². The molecule has 1 aliphatic heterocycles. The van der Waals surface area contributed by atoms with E-state index in [1.165, 1.54) is 5.56 Å². The van der Waals surface area contributed by atoms with Crippen LogP contribution < -0.4 is 9.64 Å². The lowest BCUT2D eigenvalue weighted by Gasteiger charge is -2.29. The molecule has 6 nitrogen and oxygen atoms in total. The van der Waals surface area contributed by atoms with E-state index in [4.69, 9.17) is 17.0 Å². The first kappa shape index (κ1) is 27.4. The van der Waals surface area contributed by atoms with Gasteiger partial charge in [0.25, 0.3) is 5.91 Å². The van der Waals surface area contributed by atoms with Crippen molar-refractivity contribution in [3.8, 4) is 11.8 Å². The first-order chi connectivity index (χ1) is 16.5. The van der Waals surface area contributed by atoms with E-state index in [9.17, 15) is 10.1 Å². The predicted octanol–water partition coefficient (Wildman–Crippen LogP) is 5.67. The highest BCUT2D eigenvalue weighted by Crippen LogP contribution is 2.36. The minimum atomic E-state index is -0.758. The molecule has 0 aromatic heterocycles. The molecule has 0 bridgehead atoms. The number of halogens is 1. The molecule has 1 heterocycles. The maximum Gasteiger partial charge on any atom is 0.258 e. The summed E-state index contributed by atoms with van der Waals surface area (Å²) in [6.07, 6.45) is 1.78. The molecule has 0 radical (unpaired) electrons. The van der Waals surface area contributed by atoms with Crippen LogP contribution in [0.1, 0.15) is 56.3 Å². The Morgan fingerprint density at radius 2 is 1.86 bits per heavy atom. The van der Waals surface area contributed by atoms with Crippen LogP contribution in [0, 0.1) is 21.8 Å². The first-order valence-electron chi connectivity index (χ1n) is 11.8. The van der Waals surface area contributed by atoms with Crippen molar-refractivity contribution in [2.75, 3.05) is 32.1 Å². The Morgan fingerprint density at radius 1 is 1.20 bits per heavy atom. The standard InChI is InChI=1S/C27H33IN4O2S/c1-7-22(30(5)6)19-9-12-21(13-10-19)34-16-8-15-31-26(35)32(25(33)27(31,3)4)23-14-11-20(17-29)24(28)18(23)2/h9-14,22H,7-8,15-16H2,1-6H3. The molecular formula is C27H33IN4O2S. The topological polar surface area (TPSA) is 59.8 Å². The molecule has 0 N–H and O–H groups in total. The normalized spacial score (nSPS) is 16.1. The van der Waals surface area contributed by atoms with Crippen molar-refractivity contribution < 1.29 is 9.53 Å². The third kappa shape index (κ3) is 5.47. The van der Waals surface area contributed by atoms with E-state index in [2.05, 4.69) is 66.7 Å². The average molecular weight is 605 g/mol. The molecule has 2 aromatic rings. The van der Waals surface area contributed by atoms with Crippen LogP contribution in [0.3, 0.4) is 0 Å². The van der Waals surface area contributed by atoms with Crippen molar-refractivity contribution in [1.82, 2.24) is 9.80 Å². The van der Waals surface area contributed by atoms with E-state index in [0.29, 0.717) is 29.9 Å². The van der Waals surface area contributed by atoms with Gasteiger partial charge in [-0.2, -0.15) is 5.26 Å². The fraction of sp³-hybridized carbons (Fsp3) is 0.444. The first-order valence-corrected chi connectivity index (χ1v) is 13.3. The number of carbonyl (C=O) groups is 1. The summed E-state index contributed by atoms with van der Waals surface area (Å²) in [7, 11) is 4.19. The Hall–Kier alpha value is -2.22. The number of ether oxygens (including phenoxy) is 1. The van der Waals surface area contributed by atoms with Crippen LogP contribution in [0.5, 0.6) is 5.75 Å². The van der Waals surface area contributed by atoms with E-state index in [0.717, 1.165) is 33.4 Å².